The molecule has 0 saturated heterocycles. The molecule has 94 valence electrons. The maximum Gasteiger partial charge on any atom is 0.223 e. The lowest BCUT2D eigenvalue weighted by atomic mass is 10.0. The lowest BCUT2D eigenvalue weighted by Gasteiger charge is -2.13. The van der Waals surface area contributed by atoms with Crippen molar-refractivity contribution in [1.29, 1.82) is 0 Å². The van der Waals surface area contributed by atoms with E-state index in [1.165, 1.54) is 12.1 Å². The van der Waals surface area contributed by atoms with Crippen molar-refractivity contribution in [3.63, 3.8) is 0 Å². The predicted molar refractivity (Wildman–Crippen MR) is 67.1 cm³/mol. The molecule has 1 atom stereocenters. The van der Waals surface area contributed by atoms with Gasteiger partial charge in [0.15, 0.2) is 0 Å². The van der Waals surface area contributed by atoms with Crippen LogP contribution in [-0.2, 0) is 11.2 Å². The zero-order valence-corrected chi connectivity index (χ0v) is 10.7. The lowest BCUT2D eigenvalue weighted by molar-refractivity contribution is -0.124. The lowest BCUT2D eigenvalue weighted by Crippen LogP contribution is -2.32. The quantitative estimate of drug-likeness (QED) is 0.838. The van der Waals surface area contributed by atoms with E-state index in [-0.39, 0.29) is 17.6 Å². The fourth-order valence-electron chi connectivity index (χ4n) is 1.55. The number of hydrogen-bond acceptors (Lipinski definition) is 1. The van der Waals surface area contributed by atoms with E-state index in [9.17, 15) is 9.18 Å². The Balaban J connectivity index is 2.45. The molecule has 0 aliphatic rings. The molecule has 0 heterocycles. The van der Waals surface area contributed by atoms with Crippen molar-refractivity contribution in [2.45, 2.75) is 27.2 Å². The number of carbonyl (C=O) groups excluding carboxylic acids is 1. The van der Waals surface area contributed by atoms with Crippen LogP contribution in [0, 0.1) is 17.7 Å². The average molecular weight is 237 g/mol. The van der Waals surface area contributed by atoms with Crippen molar-refractivity contribution in [3.8, 4) is 0 Å². The normalized spacial score (nSPS) is 12.5. The van der Waals surface area contributed by atoms with Gasteiger partial charge in [-0.05, 0) is 30.0 Å². The summed E-state index contributed by atoms with van der Waals surface area (Å²) in [6.07, 6.45) is 0.643. The van der Waals surface area contributed by atoms with E-state index in [4.69, 9.17) is 0 Å². The summed E-state index contributed by atoms with van der Waals surface area (Å²) < 4.78 is 12.7. The number of halogens is 1. The van der Waals surface area contributed by atoms with E-state index in [0.717, 1.165) is 5.56 Å². The molecule has 1 amide bonds. The standard InChI is InChI=1S/C14H20FNO/c1-10(2)9-16-14(17)11(3)8-12-4-6-13(15)7-5-12/h4-7,10-11H,8-9H2,1-3H3,(H,16,17). The van der Waals surface area contributed by atoms with E-state index in [1.54, 1.807) is 12.1 Å². The first-order valence-corrected chi connectivity index (χ1v) is 6.01. The molecule has 0 fully saturated rings. The van der Waals surface area contributed by atoms with Crippen LogP contribution >= 0.6 is 0 Å². The topological polar surface area (TPSA) is 29.1 Å². The summed E-state index contributed by atoms with van der Waals surface area (Å²) >= 11 is 0. The third kappa shape index (κ3) is 4.98. The van der Waals surface area contributed by atoms with Gasteiger partial charge in [-0.25, -0.2) is 4.39 Å². The molecular weight excluding hydrogens is 217 g/mol. The Morgan fingerprint density at radius 3 is 2.35 bits per heavy atom. The highest BCUT2D eigenvalue weighted by molar-refractivity contribution is 5.78. The Hall–Kier alpha value is -1.38. The molecule has 0 radical (unpaired) electrons. The van der Waals surface area contributed by atoms with Crippen LogP contribution in [-0.4, -0.2) is 12.5 Å². The number of hydrogen-bond donors (Lipinski definition) is 1. The Bertz CT molecular complexity index is 359. The van der Waals surface area contributed by atoms with Gasteiger partial charge in [0.25, 0.3) is 0 Å². The van der Waals surface area contributed by atoms with Gasteiger partial charge in [-0.3, -0.25) is 4.79 Å². The summed E-state index contributed by atoms with van der Waals surface area (Å²) in [4.78, 5) is 11.7. The summed E-state index contributed by atoms with van der Waals surface area (Å²) in [7, 11) is 0. The second-order valence-corrected chi connectivity index (χ2v) is 4.87. The molecular formula is C14H20FNO. The van der Waals surface area contributed by atoms with Gasteiger partial charge in [0, 0.05) is 12.5 Å². The van der Waals surface area contributed by atoms with Gasteiger partial charge in [0.2, 0.25) is 5.91 Å². The molecule has 0 bridgehead atoms. The van der Waals surface area contributed by atoms with Gasteiger partial charge in [0.1, 0.15) is 5.82 Å². The molecule has 1 aromatic rings. The fourth-order valence-corrected chi connectivity index (χ4v) is 1.55. The first-order chi connectivity index (χ1) is 7.99. The monoisotopic (exact) mass is 237 g/mol. The van der Waals surface area contributed by atoms with Gasteiger partial charge >= 0.3 is 0 Å². The highest BCUT2D eigenvalue weighted by atomic mass is 19.1. The largest absolute Gasteiger partial charge is 0.356 e. The minimum absolute atomic E-state index is 0.0584. The minimum atomic E-state index is -0.245. The second kappa shape index (κ2) is 6.38. The van der Waals surface area contributed by atoms with Crippen molar-refractivity contribution < 1.29 is 9.18 Å². The van der Waals surface area contributed by atoms with E-state index in [2.05, 4.69) is 19.2 Å². The summed E-state index contributed by atoms with van der Waals surface area (Å²) in [5.74, 6) is 0.185. The van der Waals surface area contributed by atoms with Crippen LogP contribution in [0.5, 0.6) is 0 Å². The van der Waals surface area contributed by atoms with Crippen LogP contribution in [0.1, 0.15) is 26.3 Å². The van der Waals surface area contributed by atoms with Crippen molar-refractivity contribution in [3.05, 3.63) is 35.6 Å². The van der Waals surface area contributed by atoms with Crippen LogP contribution in [0.25, 0.3) is 0 Å². The molecule has 1 unspecified atom stereocenters. The maximum absolute atomic E-state index is 12.7. The number of amides is 1. The third-order valence-electron chi connectivity index (χ3n) is 2.59. The van der Waals surface area contributed by atoms with Gasteiger partial charge < -0.3 is 5.32 Å². The van der Waals surface area contributed by atoms with E-state index >= 15 is 0 Å². The Kier molecular flexibility index (Phi) is 5.13. The Labute approximate surface area is 102 Å². The molecule has 1 N–H and O–H groups in total. The molecule has 3 heteroatoms. The summed E-state index contributed by atoms with van der Waals surface area (Å²) in [6, 6.07) is 6.30. The van der Waals surface area contributed by atoms with Crippen LogP contribution in [0.4, 0.5) is 4.39 Å². The van der Waals surface area contributed by atoms with Gasteiger partial charge in [-0.1, -0.05) is 32.9 Å². The summed E-state index contributed by atoms with van der Waals surface area (Å²) in [5, 5.41) is 2.90. The Morgan fingerprint density at radius 1 is 1.24 bits per heavy atom. The SMILES string of the molecule is CC(C)CNC(=O)C(C)Cc1ccc(F)cc1. The molecule has 17 heavy (non-hydrogen) atoms. The maximum atomic E-state index is 12.7. The minimum Gasteiger partial charge on any atom is -0.356 e. The molecule has 2 nitrogen and oxygen atoms in total. The molecule has 0 aromatic heterocycles. The van der Waals surface area contributed by atoms with Crippen LogP contribution in [0.3, 0.4) is 0 Å². The van der Waals surface area contributed by atoms with Crippen LogP contribution in [0.2, 0.25) is 0 Å². The predicted octanol–water partition coefficient (Wildman–Crippen LogP) is 2.78. The van der Waals surface area contributed by atoms with E-state index in [1.807, 2.05) is 6.92 Å². The number of carbonyl (C=O) groups is 1. The van der Waals surface area contributed by atoms with Crippen molar-refractivity contribution in [1.82, 2.24) is 5.32 Å². The highest BCUT2D eigenvalue weighted by Crippen LogP contribution is 2.10. The summed E-state index contributed by atoms with van der Waals surface area (Å²) in [5.41, 5.74) is 0.985. The van der Waals surface area contributed by atoms with E-state index < -0.39 is 0 Å². The van der Waals surface area contributed by atoms with Gasteiger partial charge in [-0.2, -0.15) is 0 Å². The van der Waals surface area contributed by atoms with E-state index in [0.29, 0.717) is 18.9 Å². The van der Waals surface area contributed by atoms with Crippen LogP contribution in [0.15, 0.2) is 24.3 Å². The van der Waals surface area contributed by atoms with Gasteiger partial charge in [0.05, 0.1) is 0 Å². The number of benzene rings is 1. The average Bonchev–Trinajstić information content (AvgIpc) is 2.28. The zero-order chi connectivity index (χ0) is 12.8. The molecule has 0 aliphatic heterocycles. The first kappa shape index (κ1) is 13.7. The van der Waals surface area contributed by atoms with Crippen LogP contribution < -0.4 is 5.32 Å². The molecule has 0 aliphatic carbocycles. The summed E-state index contributed by atoms with van der Waals surface area (Å²) in [6.45, 7) is 6.71. The second-order valence-electron chi connectivity index (χ2n) is 4.87. The van der Waals surface area contributed by atoms with Gasteiger partial charge in [-0.15, -0.1) is 0 Å². The number of nitrogens with one attached hydrogen (secondary N) is 1. The molecule has 1 rings (SSSR count). The number of rotatable bonds is 5. The molecule has 1 aromatic carbocycles. The third-order valence-corrected chi connectivity index (χ3v) is 2.59. The molecule has 0 saturated carbocycles. The Morgan fingerprint density at radius 2 is 1.82 bits per heavy atom. The zero-order valence-electron chi connectivity index (χ0n) is 10.7. The first-order valence-electron chi connectivity index (χ1n) is 6.01. The van der Waals surface area contributed by atoms with Crippen molar-refractivity contribution >= 4 is 5.91 Å². The van der Waals surface area contributed by atoms with Crippen molar-refractivity contribution in [2.24, 2.45) is 11.8 Å². The van der Waals surface area contributed by atoms with Crippen molar-refractivity contribution in [2.75, 3.05) is 6.54 Å². The fraction of sp³-hybridized carbons (Fsp3) is 0.500. The highest BCUT2D eigenvalue weighted by Gasteiger charge is 2.13. The molecule has 0 spiro atoms. The smallest absolute Gasteiger partial charge is 0.223 e.